The molecule has 0 fully saturated rings. The normalized spacial score (nSPS) is 10.3. The molecule has 0 saturated heterocycles. The van der Waals surface area contributed by atoms with Gasteiger partial charge in [-0.2, -0.15) is 4.98 Å². The molecule has 1 heterocycles. The lowest BCUT2D eigenvalue weighted by atomic mass is 10.1. The van der Waals surface area contributed by atoms with Gasteiger partial charge in [0.2, 0.25) is 5.82 Å². The number of esters is 1. The Morgan fingerprint density at radius 3 is 2.52 bits per heavy atom. The van der Waals surface area contributed by atoms with Gasteiger partial charge in [0.1, 0.15) is 5.75 Å². The maximum absolute atomic E-state index is 11.6. The first-order valence-corrected chi connectivity index (χ1v) is 6.88. The number of hydrogen-bond acceptors (Lipinski definition) is 6. The zero-order chi connectivity index (χ0) is 16.2. The highest BCUT2D eigenvalue weighted by Gasteiger charge is 2.13. The first-order chi connectivity index (χ1) is 11.2. The van der Waals surface area contributed by atoms with Crippen LogP contribution in [-0.4, -0.2) is 30.3 Å². The smallest absolute Gasteiger partial charge is 0.337 e. The molecule has 0 N–H and O–H groups in total. The average molecular weight is 310 g/mol. The second kappa shape index (κ2) is 6.31. The van der Waals surface area contributed by atoms with Crippen molar-refractivity contribution in [2.45, 2.75) is 0 Å². The predicted molar refractivity (Wildman–Crippen MR) is 83.1 cm³/mol. The van der Waals surface area contributed by atoms with E-state index in [0.29, 0.717) is 22.8 Å². The first kappa shape index (κ1) is 14.8. The molecule has 116 valence electrons. The van der Waals surface area contributed by atoms with Crippen molar-refractivity contribution in [3.05, 3.63) is 54.1 Å². The number of benzene rings is 2. The molecule has 6 heteroatoms. The molecule has 3 rings (SSSR count). The molecule has 0 saturated carbocycles. The Labute approximate surface area is 132 Å². The zero-order valence-corrected chi connectivity index (χ0v) is 12.6. The van der Waals surface area contributed by atoms with Crippen molar-refractivity contribution >= 4 is 5.97 Å². The number of hydrogen-bond donors (Lipinski definition) is 0. The molecule has 0 radical (unpaired) electrons. The van der Waals surface area contributed by atoms with Crippen LogP contribution in [0.3, 0.4) is 0 Å². The first-order valence-electron chi connectivity index (χ1n) is 6.88. The maximum Gasteiger partial charge on any atom is 0.337 e. The minimum absolute atomic E-state index is 0.335. The summed E-state index contributed by atoms with van der Waals surface area (Å²) in [5.74, 6) is 1.14. The molecule has 0 atom stereocenters. The number of carbonyl (C=O) groups excluding carboxylic acids is 1. The molecule has 0 bridgehead atoms. The fraction of sp³-hybridized carbons (Fsp3) is 0.118. The third-order valence-corrected chi connectivity index (χ3v) is 3.30. The van der Waals surface area contributed by atoms with E-state index in [1.165, 1.54) is 7.11 Å². The molecule has 0 aliphatic carbocycles. The van der Waals surface area contributed by atoms with Gasteiger partial charge in [0.15, 0.2) is 0 Å². The lowest BCUT2D eigenvalue weighted by Gasteiger charge is -2.00. The highest BCUT2D eigenvalue weighted by Crippen LogP contribution is 2.24. The van der Waals surface area contributed by atoms with E-state index in [1.54, 1.807) is 31.4 Å². The van der Waals surface area contributed by atoms with E-state index >= 15 is 0 Å². The van der Waals surface area contributed by atoms with Gasteiger partial charge in [0.05, 0.1) is 19.8 Å². The van der Waals surface area contributed by atoms with Crippen molar-refractivity contribution in [3.63, 3.8) is 0 Å². The summed E-state index contributed by atoms with van der Waals surface area (Å²) >= 11 is 0. The molecule has 0 amide bonds. The third-order valence-electron chi connectivity index (χ3n) is 3.30. The van der Waals surface area contributed by atoms with Gasteiger partial charge in [-0.3, -0.25) is 0 Å². The van der Waals surface area contributed by atoms with Gasteiger partial charge in [-0.25, -0.2) is 4.79 Å². The number of carbonyl (C=O) groups is 1. The van der Waals surface area contributed by atoms with Gasteiger partial charge in [0.25, 0.3) is 5.89 Å². The molecule has 0 spiro atoms. The molecule has 0 aliphatic heterocycles. The zero-order valence-electron chi connectivity index (χ0n) is 12.6. The van der Waals surface area contributed by atoms with Gasteiger partial charge in [-0.05, 0) is 42.5 Å². The number of aromatic nitrogens is 2. The fourth-order valence-electron chi connectivity index (χ4n) is 2.10. The van der Waals surface area contributed by atoms with Crippen molar-refractivity contribution < 1.29 is 18.8 Å². The van der Waals surface area contributed by atoms with Gasteiger partial charge in [-0.1, -0.05) is 11.2 Å². The number of rotatable bonds is 4. The molecular weight excluding hydrogens is 296 g/mol. The summed E-state index contributed by atoms with van der Waals surface area (Å²) in [6, 6.07) is 14.2. The van der Waals surface area contributed by atoms with Crippen LogP contribution in [0.1, 0.15) is 10.4 Å². The Balaban J connectivity index is 1.90. The monoisotopic (exact) mass is 310 g/mol. The lowest BCUT2D eigenvalue weighted by molar-refractivity contribution is 0.0601. The SMILES string of the molecule is COC(=O)c1cccc(-c2nc(-c3ccc(OC)cc3)no2)c1. The Bertz CT molecular complexity index is 825. The van der Waals surface area contributed by atoms with Gasteiger partial charge in [-0.15, -0.1) is 0 Å². The summed E-state index contributed by atoms with van der Waals surface area (Å²) in [5.41, 5.74) is 1.89. The summed E-state index contributed by atoms with van der Waals surface area (Å²) < 4.78 is 15.1. The van der Waals surface area contributed by atoms with E-state index in [0.717, 1.165) is 11.3 Å². The van der Waals surface area contributed by atoms with Crippen molar-refractivity contribution in [3.8, 4) is 28.6 Å². The van der Waals surface area contributed by atoms with Crippen LogP contribution in [0.15, 0.2) is 53.1 Å². The highest BCUT2D eigenvalue weighted by molar-refractivity contribution is 5.90. The summed E-state index contributed by atoms with van der Waals surface area (Å²) in [5, 5.41) is 3.97. The van der Waals surface area contributed by atoms with Crippen LogP contribution >= 0.6 is 0 Å². The van der Waals surface area contributed by atoms with Crippen LogP contribution < -0.4 is 4.74 Å². The van der Waals surface area contributed by atoms with E-state index in [9.17, 15) is 4.79 Å². The molecule has 0 aliphatic rings. The average Bonchev–Trinajstić information content (AvgIpc) is 3.11. The van der Waals surface area contributed by atoms with Gasteiger partial charge < -0.3 is 14.0 Å². The molecule has 1 aromatic heterocycles. The molecule has 2 aromatic carbocycles. The Hall–Kier alpha value is -3.15. The summed E-state index contributed by atoms with van der Waals surface area (Å²) in [4.78, 5) is 15.9. The van der Waals surface area contributed by atoms with Crippen LogP contribution in [0.2, 0.25) is 0 Å². The molecule has 6 nitrogen and oxygen atoms in total. The molecule has 23 heavy (non-hydrogen) atoms. The Morgan fingerprint density at radius 2 is 1.83 bits per heavy atom. The van der Waals surface area contributed by atoms with E-state index < -0.39 is 5.97 Å². The number of methoxy groups -OCH3 is 2. The number of ether oxygens (including phenoxy) is 2. The minimum atomic E-state index is -0.415. The van der Waals surface area contributed by atoms with Crippen molar-refractivity contribution in [1.29, 1.82) is 0 Å². The van der Waals surface area contributed by atoms with Crippen LogP contribution in [0, 0.1) is 0 Å². The predicted octanol–water partition coefficient (Wildman–Crippen LogP) is 3.20. The van der Waals surface area contributed by atoms with Crippen LogP contribution in [0.25, 0.3) is 22.8 Å². The Morgan fingerprint density at radius 1 is 1.04 bits per heavy atom. The fourth-order valence-corrected chi connectivity index (χ4v) is 2.10. The summed E-state index contributed by atoms with van der Waals surface area (Å²) in [6.45, 7) is 0. The maximum atomic E-state index is 11.6. The molecular formula is C17H14N2O4. The van der Waals surface area contributed by atoms with Crippen LogP contribution in [0.5, 0.6) is 5.75 Å². The van der Waals surface area contributed by atoms with E-state index in [-0.39, 0.29) is 0 Å². The number of nitrogens with zero attached hydrogens (tertiary/aromatic N) is 2. The molecule has 0 unspecified atom stereocenters. The second-order valence-corrected chi connectivity index (χ2v) is 4.72. The van der Waals surface area contributed by atoms with E-state index in [1.807, 2.05) is 24.3 Å². The second-order valence-electron chi connectivity index (χ2n) is 4.72. The summed E-state index contributed by atoms with van der Waals surface area (Å²) in [7, 11) is 2.94. The highest BCUT2D eigenvalue weighted by atomic mass is 16.5. The van der Waals surface area contributed by atoms with Crippen molar-refractivity contribution in [2.75, 3.05) is 14.2 Å². The quantitative estimate of drug-likeness (QED) is 0.689. The minimum Gasteiger partial charge on any atom is -0.497 e. The van der Waals surface area contributed by atoms with Crippen molar-refractivity contribution in [1.82, 2.24) is 10.1 Å². The van der Waals surface area contributed by atoms with E-state index in [2.05, 4.69) is 10.1 Å². The van der Waals surface area contributed by atoms with Crippen molar-refractivity contribution in [2.24, 2.45) is 0 Å². The lowest BCUT2D eigenvalue weighted by Crippen LogP contribution is -2.00. The Kier molecular flexibility index (Phi) is 4.05. The molecule has 3 aromatic rings. The summed E-state index contributed by atoms with van der Waals surface area (Å²) in [6.07, 6.45) is 0. The van der Waals surface area contributed by atoms with Crippen LogP contribution in [0.4, 0.5) is 0 Å². The standard InChI is InChI=1S/C17H14N2O4/c1-21-14-8-6-11(7-9-14)15-18-16(23-19-15)12-4-3-5-13(10-12)17(20)22-2/h3-10H,1-2H3. The van der Waals surface area contributed by atoms with E-state index in [4.69, 9.17) is 14.0 Å². The van der Waals surface area contributed by atoms with Crippen LogP contribution in [-0.2, 0) is 4.74 Å². The third kappa shape index (κ3) is 3.06. The topological polar surface area (TPSA) is 74.5 Å². The largest absolute Gasteiger partial charge is 0.497 e. The van der Waals surface area contributed by atoms with Gasteiger partial charge in [0, 0.05) is 11.1 Å². The van der Waals surface area contributed by atoms with Gasteiger partial charge >= 0.3 is 5.97 Å².